The third-order valence-electron chi connectivity index (χ3n) is 4.78. The molecule has 0 atom stereocenters. The van der Waals surface area contributed by atoms with E-state index in [9.17, 15) is 4.79 Å². The van der Waals surface area contributed by atoms with Crippen molar-refractivity contribution in [3.8, 4) is 17.2 Å². The summed E-state index contributed by atoms with van der Waals surface area (Å²) in [4.78, 5) is 17.8. The molecule has 0 aliphatic carbocycles. The van der Waals surface area contributed by atoms with Crippen molar-refractivity contribution in [2.45, 2.75) is 13.0 Å². The fraction of sp³-hybridized carbons (Fsp3) is 0.391. The van der Waals surface area contributed by atoms with Crippen LogP contribution in [0.15, 0.2) is 41.4 Å². The molecule has 0 heterocycles. The number of hydrogen-bond donors (Lipinski definition) is 2. The van der Waals surface area contributed by atoms with Crippen molar-refractivity contribution in [2.75, 3.05) is 49.0 Å². The standard InChI is InChI=1S/C23H32N4O4.HI/c1-24-23(26-15-16-7-9-17(10-8-16)22(28)27(2)3)25-12-11-19-20(30-5)13-18(29-4)14-21(19)31-6;/h7-10,13-14H,11-12,15H2,1-6H3,(H2,24,25,26);1H. The van der Waals surface area contributed by atoms with Crippen LogP contribution < -0.4 is 24.8 Å². The van der Waals surface area contributed by atoms with E-state index >= 15 is 0 Å². The molecule has 9 heteroatoms. The highest BCUT2D eigenvalue weighted by atomic mass is 127. The molecule has 8 nitrogen and oxygen atoms in total. The van der Waals surface area contributed by atoms with E-state index in [0.717, 1.165) is 11.1 Å². The quantitative estimate of drug-likeness (QED) is 0.281. The lowest BCUT2D eigenvalue weighted by Gasteiger charge is -2.16. The van der Waals surface area contributed by atoms with E-state index in [0.29, 0.717) is 48.3 Å². The zero-order valence-electron chi connectivity index (χ0n) is 19.5. The molecule has 2 rings (SSSR count). The Hall–Kier alpha value is -2.69. The number of nitrogens with one attached hydrogen (secondary N) is 2. The Labute approximate surface area is 207 Å². The minimum atomic E-state index is -0.0126. The number of methoxy groups -OCH3 is 3. The average Bonchev–Trinajstić information content (AvgIpc) is 2.80. The lowest BCUT2D eigenvalue weighted by atomic mass is 10.1. The Morgan fingerprint density at radius 2 is 1.56 bits per heavy atom. The van der Waals surface area contributed by atoms with Gasteiger partial charge in [-0.2, -0.15) is 0 Å². The molecule has 0 unspecified atom stereocenters. The predicted octanol–water partition coefficient (Wildman–Crippen LogP) is 2.94. The smallest absolute Gasteiger partial charge is 0.253 e. The lowest BCUT2D eigenvalue weighted by Crippen LogP contribution is -2.37. The van der Waals surface area contributed by atoms with Gasteiger partial charge in [-0.25, -0.2) is 0 Å². The molecule has 0 saturated heterocycles. The fourth-order valence-corrected chi connectivity index (χ4v) is 3.06. The predicted molar refractivity (Wildman–Crippen MR) is 138 cm³/mol. The Balaban J connectivity index is 0.00000512. The number of amides is 1. The van der Waals surface area contributed by atoms with Crippen molar-refractivity contribution in [2.24, 2.45) is 4.99 Å². The molecule has 32 heavy (non-hydrogen) atoms. The van der Waals surface area contributed by atoms with Gasteiger partial charge in [-0.3, -0.25) is 9.79 Å². The number of carbonyl (C=O) groups is 1. The van der Waals surface area contributed by atoms with Gasteiger partial charge < -0.3 is 29.7 Å². The summed E-state index contributed by atoms with van der Waals surface area (Å²) < 4.78 is 16.3. The van der Waals surface area contributed by atoms with Crippen LogP contribution in [-0.4, -0.2) is 65.8 Å². The van der Waals surface area contributed by atoms with E-state index in [1.165, 1.54) is 0 Å². The van der Waals surface area contributed by atoms with Gasteiger partial charge in [0.15, 0.2) is 5.96 Å². The molecule has 0 spiro atoms. The van der Waals surface area contributed by atoms with Crippen molar-refractivity contribution in [3.05, 3.63) is 53.1 Å². The van der Waals surface area contributed by atoms with Crippen molar-refractivity contribution in [1.29, 1.82) is 0 Å². The molecule has 2 N–H and O–H groups in total. The highest BCUT2D eigenvalue weighted by Crippen LogP contribution is 2.34. The van der Waals surface area contributed by atoms with Gasteiger partial charge in [0.1, 0.15) is 17.2 Å². The summed E-state index contributed by atoms with van der Waals surface area (Å²) >= 11 is 0. The zero-order chi connectivity index (χ0) is 22.8. The minimum absolute atomic E-state index is 0. The molecule has 1 amide bonds. The van der Waals surface area contributed by atoms with Crippen molar-refractivity contribution in [3.63, 3.8) is 0 Å². The van der Waals surface area contributed by atoms with Gasteiger partial charge in [0, 0.05) is 57.5 Å². The zero-order valence-corrected chi connectivity index (χ0v) is 21.9. The number of guanidine groups is 1. The minimum Gasteiger partial charge on any atom is -0.496 e. The first-order valence-corrected chi connectivity index (χ1v) is 9.97. The van der Waals surface area contributed by atoms with Gasteiger partial charge >= 0.3 is 0 Å². The Morgan fingerprint density at radius 1 is 0.969 bits per heavy atom. The van der Waals surface area contributed by atoms with Crippen LogP contribution in [0.3, 0.4) is 0 Å². The van der Waals surface area contributed by atoms with Crippen LogP contribution in [0.5, 0.6) is 17.2 Å². The molecule has 2 aromatic carbocycles. The monoisotopic (exact) mass is 556 g/mol. The first-order chi connectivity index (χ1) is 14.9. The maximum absolute atomic E-state index is 12.0. The van der Waals surface area contributed by atoms with Crippen LogP contribution in [-0.2, 0) is 13.0 Å². The molecule has 176 valence electrons. The van der Waals surface area contributed by atoms with E-state index < -0.39 is 0 Å². The highest BCUT2D eigenvalue weighted by molar-refractivity contribution is 14.0. The van der Waals surface area contributed by atoms with E-state index in [1.807, 2.05) is 36.4 Å². The lowest BCUT2D eigenvalue weighted by molar-refractivity contribution is 0.0827. The topological polar surface area (TPSA) is 84.4 Å². The first-order valence-electron chi connectivity index (χ1n) is 9.97. The third-order valence-corrected chi connectivity index (χ3v) is 4.78. The fourth-order valence-electron chi connectivity index (χ4n) is 3.06. The van der Waals surface area contributed by atoms with E-state index in [4.69, 9.17) is 14.2 Å². The number of nitrogens with zero attached hydrogens (tertiary/aromatic N) is 2. The van der Waals surface area contributed by atoms with Gasteiger partial charge in [0.25, 0.3) is 5.91 Å². The molecule has 0 fully saturated rings. The number of carbonyl (C=O) groups excluding carboxylic acids is 1. The SMILES string of the molecule is CN=C(NCCc1c(OC)cc(OC)cc1OC)NCc1ccc(C(=O)N(C)C)cc1.I. The maximum atomic E-state index is 12.0. The van der Waals surface area contributed by atoms with Crippen molar-refractivity contribution in [1.82, 2.24) is 15.5 Å². The maximum Gasteiger partial charge on any atom is 0.253 e. The molecule has 0 aliphatic heterocycles. The van der Waals surface area contributed by atoms with Gasteiger partial charge in [-0.05, 0) is 24.1 Å². The third kappa shape index (κ3) is 7.47. The van der Waals surface area contributed by atoms with Gasteiger partial charge in [0.2, 0.25) is 0 Å². The second-order valence-corrected chi connectivity index (χ2v) is 7.01. The number of rotatable bonds is 9. The van der Waals surface area contributed by atoms with Crippen molar-refractivity contribution < 1.29 is 19.0 Å². The number of aliphatic imine (C=N–C) groups is 1. The average molecular weight is 556 g/mol. The Bertz CT molecular complexity index is 876. The largest absolute Gasteiger partial charge is 0.496 e. The summed E-state index contributed by atoms with van der Waals surface area (Å²) in [5.74, 6) is 2.78. The summed E-state index contributed by atoms with van der Waals surface area (Å²) in [6.45, 7) is 1.22. The summed E-state index contributed by atoms with van der Waals surface area (Å²) in [5, 5.41) is 6.58. The van der Waals surface area contributed by atoms with Crippen LogP contribution >= 0.6 is 24.0 Å². The highest BCUT2D eigenvalue weighted by Gasteiger charge is 2.13. The van der Waals surface area contributed by atoms with Crippen LogP contribution in [0.4, 0.5) is 0 Å². The van der Waals surface area contributed by atoms with E-state index in [1.54, 1.807) is 47.4 Å². The van der Waals surface area contributed by atoms with Crippen LogP contribution in [0.1, 0.15) is 21.5 Å². The molecular formula is C23H33IN4O4. The van der Waals surface area contributed by atoms with Gasteiger partial charge in [-0.15, -0.1) is 24.0 Å². The summed E-state index contributed by atoms with van der Waals surface area (Å²) in [6, 6.07) is 11.2. The molecule has 0 bridgehead atoms. The normalized spacial score (nSPS) is 10.6. The summed E-state index contributed by atoms with van der Waals surface area (Å²) in [6.07, 6.45) is 0.679. The molecule has 2 aromatic rings. The van der Waals surface area contributed by atoms with Gasteiger partial charge in [0.05, 0.1) is 21.3 Å². The second kappa shape index (κ2) is 13.7. The first kappa shape index (κ1) is 27.3. The van der Waals surface area contributed by atoms with Crippen LogP contribution in [0, 0.1) is 0 Å². The number of halogens is 1. The molecule has 0 aliphatic rings. The summed E-state index contributed by atoms with van der Waals surface area (Å²) in [7, 11) is 10.1. The van der Waals surface area contributed by atoms with Crippen molar-refractivity contribution >= 4 is 35.8 Å². The Morgan fingerprint density at radius 3 is 2.03 bits per heavy atom. The Kier molecular flexibility index (Phi) is 11.7. The molecule has 0 radical (unpaired) electrons. The number of ether oxygens (including phenoxy) is 3. The van der Waals surface area contributed by atoms with Crippen LogP contribution in [0.25, 0.3) is 0 Å². The number of benzene rings is 2. The molecule has 0 aromatic heterocycles. The number of hydrogen-bond acceptors (Lipinski definition) is 5. The molecule has 0 saturated carbocycles. The van der Waals surface area contributed by atoms with E-state index in [2.05, 4.69) is 15.6 Å². The van der Waals surface area contributed by atoms with Gasteiger partial charge in [-0.1, -0.05) is 12.1 Å². The second-order valence-electron chi connectivity index (χ2n) is 7.01. The summed E-state index contributed by atoms with van der Waals surface area (Å²) in [5.41, 5.74) is 2.67. The van der Waals surface area contributed by atoms with Crippen LogP contribution in [0.2, 0.25) is 0 Å². The molecular weight excluding hydrogens is 523 g/mol. The van der Waals surface area contributed by atoms with E-state index in [-0.39, 0.29) is 29.9 Å².